The molecule has 154 valence electrons. The maximum Gasteiger partial charge on any atom is 0.254 e. The smallest absolute Gasteiger partial charge is 0.254 e. The molecule has 5 heteroatoms. The van der Waals surface area contributed by atoms with E-state index in [-0.39, 0.29) is 11.8 Å². The van der Waals surface area contributed by atoms with Gasteiger partial charge in [-0.3, -0.25) is 9.78 Å². The van der Waals surface area contributed by atoms with Crippen molar-refractivity contribution in [3.63, 3.8) is 0 Å². The van der Waals surface area contributed by atoms with Crippen molar-refractivity contribution in [3.8, 4) is 11.3 Å². The molecule has 4 aromatic rings. The second kappa shape index (κ2) is 8.28. The lowest BCUT2D eigenvalue weighted by atomic mass is 9.97. The van der Waals surface area contributed by atoms with Crippen molar-refractivity contribution < 1.29 is 9.90 Å². The van der Waals surface area contributed by atoms with Crippen LogP contribution in [0.2, 0.25) is 0 Å². The number of aliphatic hydroxyl groups excluding tert-OH is 1. The summed E-state index contributed by atoms with van der Waals surface area (Å²) in [4.78, 5) is 24.2. The summed E-state index contributed by atoms with van der Waals surface area (Å²) in [7, 11) is 0. The summed E-state index contributed by atoms with van der Waals surface area (Å²) in [5, 5.41) is 11.5. The Balaban J connectivity index is 1.47. The van der Waals surface area contributed by atoms with Gasteiger partial charge >= 0.3 is 0 Å². The van der Waals surface area contributed by atoms with Gasteiger partial charge in [-0.15, -0.1) is 0 Å². The van der Waals surface area contributed by atoms with Gasteiger partial charge < -0.3 is 10.0 Å². The van der Waals surface area contributed by atoms with Crippen molar-refractivity contribution >= 4 is 16.8 Å². The van der Waals surface area contributed by atoms with Crippen LogP contribution in [-0.4, -0.2) is 45.1 Å². The van der Waals surface area contributed by atoms with Crippen LogP contribution in [0.25, 0.3) is 22.2 Å². The average Bonchev–Trinajstić information content (AvgIpc) is 3.19. The van der Waals surface area contributed by atoms with E-state index in [4.69, 9.17) is 4.98 Å². The van der Waals surface area contributed by atoms with Crippen LogP contribution in [-0.2, 0) is 6.42 Å². The molecule has 2 aromatic heterocycles. The van der Waals surface area contributed by atoms with Crippen molar-refractivity contribution in [2.45, 2.75) is 12.5 Å². The number of likely N-dealkylation sites (tertiary alicyclic amines) is 1. The molecule has 2 aromatic carbocycles. The molecule has 0 bridgehead atoms. The molecule has 1 N–H and O–H groups in total. The number of para-hydroxylation sites is 1. The molecule has 1 fully saturated rings. The number of pyridine rings is 2. The SMILES string of the molecule is O=C(c1cc(-c2ccccc2)nc2ccccc12)N1C[C@@H](Cc2ccncc2)[C@@H](O)C1. The zero-order valence-electron chi connectivity index (χ0n) is 17.1. The van der Waals surface area contributed by atoms with Gasteiger partial charge in [-0.05, 0) is 36.2 Å². The molecule has 0 saturated carbocycles. The lowest BCUT2D eigenvalue weighted by Gasteiger charge is -2.18. The highest BCUT2D eigenvalue weighted by molar-refractivity contribution is 6.07. The molecular formula is C26H23N3O2. The second-order valence-corrected chi connectivity index (χ2v) is 8.04. The summed E-state index contributed by atoms with van der Waals surface area (Å²) in [6.07, 6.45) is 3.69. The minimum atomic E-state index is -0.543. The van der Waals surface area contributed by atoms with E-state index in [1.165, 1.54) is 0 Å². The first-order valence-electron chi connectivity index (χ1n) is 10.5. The first-order valence-corrected chi connectivity index (χ1v) is 10.5. The van der Waals surface area contributed by atoms with Crippen molar-refractivity contribution in [1.29, 1.82) is 0 Å². The Kier molecular flexibility index (Phi) is 5.18. The number of rotatable bonds is 4. The predicted molar refractivity (Wildman–Crippen MR) is 121 cm³/mol. The largest absolute Gasteiger partial charge is 0.391 e. The maximum absolute atomic E-state index is 13.6. The Bertz CT molecular complexity index is 1210. The third-order valence-electron chi connectivity index (χ3n) is 5.96. The molecule has 5 nitrogen and oxygen atoms in total. The number of carbonyl (C=O) groups excluding carboxylic acids is 1. The van der Waals surface area contributed by atoms with Gasteiger partial charge in [0.1, 0.15) is 0 Å². The summed E-state index contributed by atoms with van der Waals surface area (Å²) in [5.74, 6) is -0.0555. The molecule has 0 radical (unpaired) electrons. The van der Waals surface area contributed by atoms with Gasteiger partial charge in [0.05, 0.1) is 22.9 Å². The van der Waals surface area contributed by atoms with Gasteiger partial charge in [0.2, 0.25) is 0 Å². The van der Waals surface area contributed by atoms with Gasteiger partial charge in [0.15, 0.2) is 0 Å². The van der Waals surface area contributed by atoms with E-state index < -0.39 is 6.10 Å². The van der Waals surface area contributed by atoms with Crippen LogP contribution in [0.4, 0.5) is 0 Å². The number of carbonyl (C=O) groups is 1. The van der Waals surface area contributed by atoms with Crippen LogP contribution in [0.5, 0.6) is 0 Å². The fourth-order valence-electron chi connectivity index (χ4n) is 4.32. The highest BCUT2D eigenvalue weighted by Crippen LogP contribution is 2.28. The molecule has 31 heavy (non-hydrogen) atoms. The minimum Gasteiger partial charge on any atom is -0.391 e. The van der Waals surface area contributed by atoms with Crippen LogP contribution in [0.15, 0.2) is 85.2 Å². The summed E-state index contributed by atoms with van der Waals surface area (Å²) < 4.78 is 0. The average molecular weight is 409 g/mol. The third-order valence-corrected chi connectivity index (χ3v) is 5.96. The highest BCUT2D eigenvalue weighted by atomic mass is 16.3. The fourth-order valence-corrected chi connectivity index (χ4v) is 4.32. The van der Waals surface area contributed by atoms with Crippen LogP contribution in [0.1, 0.15) is 15.9 Å². The third kappa shape index (κ3) is 3.92. The molecular weight excluding hydrogens is 386 g/mol. The van der Waals surface area contributed by atoms with Crippen LogP contribution in [0.3, 0.4) is 0 Å². The number of aromatic nitrogens is 2. The summed E-state index contributed by atoms with van der Waals surface area (Å²) >= 11 is 0. The van der Waals surface area contributed by atoms with Crippen molar-refractivity contribution in [2.24, 2.45) is 5.92 Å². The monoisotopic (exact) mass is 409 g/mol. The van der Waals surface area contributed by atoms with E-state index in [1.54, 1.807) is 17.3 Å². The number of amides is 1. The van der Waals surface area contributed by atoms with Gasteiger partial charge in [0.25, 0.3) is 5.91 Å². The normalized spacial score (nSPS) is 18.4. The Labute approximate surface area is 181 Å². The van der Waals surface area contributed by atoms with E-state index in [2.05, 4.69) is 4.98 Å². The van der Waals surface area contributed by atoms with Crippen molar-refractivity contribution in [1.82, 2.24) is 14.9 Å². The van der Waals surface area contributed by atoms with E-state index in [9.17, 15) is 9.90 Å². The molecule has 1 aliphatic heterocycles. The number of hydrogen-bond acceptors (Lipinski definition) is 4. The fraction of sp³-hybridized carbons (Fsp3) is 0.192. The van der Waals surface area contributed by atoms with E-state index in [0.29, 0.717) is 18.7 Å². The van der Waals surface area contributed by atoms with Gasteiger partial charge in [-0.1, -0.05) is 48.5 Å². The zero-order valence-corrected chi connectivity index (χ0v) is 17.1. The number of hydrogen-bond donors (Lipinski definition) is 1. The first-order chi connectivity index (χ1) is 15.2. The molecule has 3 heterocycles. The molecule has 0 spiro atoms. The lowest BCUT2D eigenvalue weighted by Crippen LogP contribution is -2.30. The summed E-state index contributed by atoms with van der Waals surface area (Å²) in [6, 6.07) is 23.4. The Morgan fingerprint density at radius 2 is 1.71 bits per heavy atom. The molecule has 1 aliphatic rings. The van der Waals surface area contributed by atoms with Crippen molar-refractivity contribution in [3.05, 3.63) is 96.3 Å². The second-order valence-electron chi connectivity index (χ2n) is 8.04. The topological polar surface area (TPSA) is 66.3 Å². The molecule has 2 atom stereocenters. The van der Waals surface area contributed by atoms with Crippen LogP contribution >= 0.6 is 0 Å². The number of β-amino-alcohol motifs (C(OH)–C–C–N with tert-alkyl or cyclic N) is 1. The molecule has 0 aliphatic carbocycles. The highest BCUT2D eigenvalue weighted by Gasteiger charge is 2.35. The first kappa shape index (κ1) is 19.4. The molecule has 1 amide bonds. The van der Waals surface area contributed by atoms with Crippen LogP contribution < -0.4 is 0 Å². The number of aliphatic hydroxyl groups is 1. The summed E-state index contributed by atoms with van der Waals surface area (Å²) in [6.45, 7) is 0.867. The Hall–Kier alpha value is -3.57. The molecule has 0 unspecified atom stereocenters. The maximum atomic E-state index is 13.6. The van der Waals surface area contributed by atoms with Crippen molar-refractivity contribution in [2.75, 3.05) is 13.1 Å². The quantitative estimate of drug-likeness (QED) is 0.554. The van der Waals surface area contributed by atoms with Gasteiger partial charge in [-0.2, -0.15) is 0 Å². The number of benzene rings is 2. The zero-order chi connectivity index (χ0) is 21.2. The van der Waals surface area contributed by atoms with E-state index in [1.807, 2.05) is 72.8 Å². The van der Waals surface area contributed by atoms with Crippen LogP contribution in [0, 0.1) is 5.92 Å². The predicted octanol–water partition coefficient (Wildman–Crippen LogP) is 3.97. The summed E-state index contributed by atoms with van der Waals surface area (Å²) in [5.41, 5.74) is 4.28. The minimum absolute atomic E-state index is 0.00745. The van der Waals surface area contributed by atoms with Gasteiger partial charge in [0, 0.05) is 42.4 Å². The Morgan fingerprint density at radius 3 is 2.52 bits per heavy atom. The molecule has 1 saturated heterocycles. The number of nitrogens with zero attached hydrogens (tertiary/aromatic N) is 3. The number of fused-ring (bicyclic) bond motifs is 1. The van der Waals surface area contributed by atoms with E-state index >= 15 is 0 Å². The van der Waals surface area contributed by atoms with E-state index in [0.717, 1.165) is 34.1 Å². The standard InChI is InChI=1S/C26H23N3O2/c30-25-17-29(16-20(25)14-18-10-12-27-13-11-18)26(31)22-15-24(19-6-2-1-3-7-19)28-23-9-5-4-8-21(22)23/h1-13,15,20,25,30H,14,16-17H2/t20-,25+/m1/s1. The van der Waals surface area contributed by atoms with Gasteiger partial charge in [-0.25, -0.2) is 4.98 Å². The lowest BCUT2D eigenvalue weighted by molar-refractivity contribution is 0.0766. The Morgan fingerprint density at radius 1 is 0.968 bits per heavy atom. The molecule has 5 rings (SSSR count).